The number of benzene rings is 4. The van der Waals surface area contributed by atoms with Gasteiger partial charge in [0.1, 0.15) is 5.75 Å². The van der Waals surface area contributed by atoms with Crippen molar-refractivity contribution in [3.63, 3.8) is 0 Å². The van der Waals surface area contributed by atoms with E-state index in [0.717, 1.165) is 30.2 Å². The zero-order chi connectivity index (χ0) is 42.0. The topological polar surface area (TPSA) is 129 Å². The minimum absolute atomic E-state index is 0.127. The maximum Gasteiger partial charge on any atom is 0.260 e. The molecule has 4 aromatic carbocycles. The quantitative estimate of drug-likeness (QED) is 0.126. The van der Waals surface area contributed by atoms with Gasteiger partial charge in [-0.1, -0.05) is 77.3 Å². The number of fused-ring (bicyclic) bond motifs is 4. The summed E-state index contributed by atoms with van der Waals surface area (Å²) in [4.78, 5) is 64.0. The molecule has 0 spiro atoms. The number of likely N-dealkylation sites (tertiary alicyclic amines) is 2. The molecule has 3 aliphatic heterocycles. The second kappa shape index (κ2) is 15.9. The SMILES string of the molecule is COc1ccc(C23C(=O)N(Nc4ccc(Cl)cc4Cl)C(=O)C2CC2C(=CCC4C(=O)N(C5CCN(Cc6ccccc6)CC5)C(=O)C42)C3c2cc(Br)c(O)c(OC)c2)cc1. The number of anilines is 1. The third-order valence-electron chi connectivity index (χ3n) is 13.4. The number of hydrogen-bond acceptors (Lipinski definition) is 9. The average molecular weight is 915 g/mol. The highest BCUT2D eigenvalue weighted by Crippen LogP contribution is 2.65. The lowest BCUT2D eigenvalue weighted by Crippen LogP contribution is -2.53. The van der Waals surface area contributed by atoms with Crippen LogP contribution in [0.5, 0.6) is 17.2 Å². The molecule has 6 atom stereocenters. The number of halogens is 3. The third-order valence-corrected chi connectivity index (χ3v) is 14.5. The first kappa shape index (κ1) is 40.5. The average Bonchev–Trinajstić information content (AvgIpc) is 3.63. The number of rotatable bonds is 9. The van der Waals surface area contributed by atoms with Crippen molar-refractivity contribution >= 4 is 68.4 Å². The first-order valence-electron chi connectivity index (χ1n) is 20.1. The number of carbonyl (C=O) groups is 4. The van der Waals surface area contributed by atoms with E-state index in [1.54, 1.807) is 55.6 Å². The van der Waals surface area contributed by atoms with Gasteiger partial charge in [0, 0.05) is 36.6 Å². The van der Waals surface area contributed by atoms with Gasteiger partial charge >= 0.3 is 0 Å². The molecule has 2 aliphatic carbocycles. The number of nitrogens with zero attached hydrogens (tertiary/aromatic N) is 3. The van der Waals surface area contributed by atoms with E-state index in [1.165, 1.54) is 23.6 Å². The van der Waals surface area contributed by atoms with Crippen molar-refractivity contribution in [1.29, 1.82) is 0 Å². The fourth-order valence-corrected chi connectivity index (χ4v) is 11.6. The number of allylic oxidation sites excluding steroid dienone is 2. The van der Waals surface area contributed by atoms with E-state index < -0.39 is 46.8 Å². The molecule has 6 unspecified atom stereocenters. The van der Waals surface area contributed by atoms with Gasteiger partial charge in [-0.05, 0) is 107 Å². The van der Waals surface area contributed by atoms with Crippen LogP contribution in [0.15, 0.2) is 101 Å². The Bertz CT molecular complexity index is 2430. The molecule has 2 N–H and O–H groups in total. The third kappa shape index (κ3) is 6.49. The Morgan fingerprint density at radius 2 is 1.60 bits per heavy atom. The van der Waals surface area contributed by atoms with Crippen molar-refractivity contribution in [3.8, 4) is 17.2 Å². The van der Waals surface area contributed by atoms with Crippen molar-refractivity contribution in [2.45, 2.75) is 49.6 Å². The highest BCUT2D eigenvalue weighted by molar-refractivity contribution is 9.10. The van der Waals surface area contributed by atoms with Gasteiger partial charge < -0.3 is 14.6 Å². The lowest BCUT2D eigenvalue weighted by atomic mass is 9.49. The largest absolute Gasteiger partial charge is 0.503 e. The second-order valence-electron chi connectivity index (χ2n) is 16.3. The summed E-state index contributed by atoms with van der Waals surface area (Å²) >= 11 is 16.3. The van der Waals surface area contributed by atoms with Crippen LogP contribution in [0, 0.1) is 23.7 Å². The molecule has 4 fully saturated rings. The molecule has 60 heavy (non-hydrogen) atoms. The number of ether oxygens (including phenoxy) is 2. The zero-order valence-corrected chi connectivity index (χ0v) is 36.0. The summed E-state index contributed by atoms with van der Waals surface area (Å²) in [5.41, 5.74) is 4.91. The van der Waals surface area contributed by atoms with Crippen molar-refractivity contribution < 1.29 is 33.8 Å². The number of amides is 4. The number of methoxy groups -OCH3 is 2. The summed E-state index contributed by atoms with van der Waals surface area (Å²) < 4.78 is 11.5. The molecule has 3 saturated heterocycles. The Kier molecular flexibility index (Phi) is 10.7. The number of piperidine rings is 1. The van der Waals surface area contributed by atoms with Crippen LogP contribution in [0.4, 0.5) is 5.69 Å². The van der Waals surface area contributed by atoms with Crippen LogP contribution in [-0.4, -0.2) is 76.9 Å². The van der Waals surface area contributed by atoms with E-state index in [-0.39, 0.29) is 40.8 Å². The van der Waals surface area contributed by atoms with Crippen LogP contribution >= 0.6 is 39.1 Å². The van der Waals surface area contributed by atoms with Crippen LogP contribution in [0.1, 0.15) is 48.3 Å². The number of phenolic OH excluding ortho intramolecular Hbond substituents is 1. The summed E-state index contributed by atoms with van der Waals surface area (Å²) in [6.07, 6.45) is 3.79. The molecule has 1 saturated carbocycles. The van der Waals surface area contributed by atoms with Gasteiger partial charge in [-0.25, -0.2) is 0 Å². The summed E-state index contributed by atoms with van der Waals surface area (Å²) in [6.45, 7) is 2.31. The van der Waals surface area contributed by atoms with Crippen molar-refractivity contribution in [3.05, 3.63) is 128 Å². The van der Waals surface area contributed by atoms with Gasteiger partial charge in [0.2, 0.25) is 11.8 Å². The molecular formula is C46H43BrCl2N4O7. The summed E-state index contributed by atoms with van der Waals surface area (Å²) in [5, 5.41) is 12.6. The Balaban J connectivity index is 1.14. The number of phenols is 1. The van der Waals surface area contributed by atoms with Crippen LogP contribution in [0.3, 0.4) is 0 Å². The maximum atomic E-state index is 15.6. The zero-order valence-electron chi connectivity index (χ0n) is 32.9. The minimum Gasteiger partial charge on any atom is -0.503 e. The van der Waals surface area contributed by atoms with Gasteiger partial charge in [-0.15, -0.1) is 0 Å². The predicted molar refractivity (Wildman–Crippen MR) is 230 cm³/mol. The standard InChI is InChI=1S/C46H43BrCl2N4O7/c1-59-30-11-8-27(9-12-30)46-34(43(56)53(45(46)58)50-37-15-10-28(48)22-36(37)49)23-33-31(40(46)26-20-35(47)41(54)38(21-26)60-2)13-14-32-39(33)44(57)52(42(32)55)29-16-18-51(19-17-29)24-25-6-4-3-5-7-25/h3-13,15,20-22,29,32-34,39-40,50,54H,14,16-19,23-24H2,1-2H3. The molecule has 9 rings (SSSR count). The molecule has 4 aromatic rings. The molecule has 11 nitrogen and oxygen atoms in total. The van der Waals surface area contributed by atoms with E-state index in [4.69, 9.17) is 32.7 Å². The first-order chi connectivity index (χ1) is 29.0. The molecule has 0 aromatic heterocycles. The molecule has 0 radical (unpaired) electrons. The molecule has 0 bridgehead atoms. The van der Waals surface area contributed by atoms with Crippen LogP contribution in [-0.2, 0) is 31.1 Å². The van der Waals surface area contributed by atoms with E-state index in [1.807, 2.05) is 24.3 Å². The van der Waals surface area contributed by atoms with Crippen molar-refractivity contribution in [2.24, 2.45) is 23.7 Å². The molecule has 310 valence electrons. The van der Waals surface area contributed by atoms with Crippen LogP contribution in [0.2, 0.25) is 10.0 Å². The molecule has 4 amide bonds. The summed E-state index contributed by atoms with van der Waals surface area (Å²) in [6, 6.07) is 25.3. The lowest BCUT2D eigenvalue weighted by Gasteiger charge is -2.50. The highest BCUT2D eigenvalue weighted by Gasteiger charge is 2.70. The van der Waals surface area contributed by atoms with E-state index in [2.05, 4.69) is 38.4 Å². The van der Waals surface area contributed by atoms with Gasteiger partial charge in [0.05, 0.1) is 52.6 Å². The number of nitrogens with one attached hydrogen (secondary N) is 1. The second-order valence-corrected chi connectivity index (χ2v) is 18.0. The Labute approximate surface area is 366 Å². The van der Waals surface area contributed by atoms with Crippen LogP contribution < -0.4 is 14.9 Å². The number of carbonyl (C=O) groups excluding carboxylic acids is 4. The van der Waals surface area contributed by atoms with Crippen LogP contribution in [0.25, 0.3) is 0 Å². The summed E-state index contributed by atoms with van der Waals surface area (Å²) in [7, 11) is 2.99. The van der Waals surface area contributed by atoms with Gasteiger partial charge in [-0.2, -0.15) is 5.01 Å². The van der Waals surface area contributed by atoms with Gasteiger partial charge in [-0.3, -0.25) is 34.4 Å². The fraction of sp³-hybridized carbons (Fsp3) is 0.348. The number of aromatic hydroxyl groups is 1. The Hall–Kier alpha value is -4.88. The van der Waals surface area contributed by atoms with Crippen molar-refractivity contribution in [2.75, 3.05) is 32.7 Å². The predicted octanol–water partition coefficient (Wildman–Crippen LogP) is 8.13. The van der Waals surface area contributed by atoms with E-state index in [0.29, 0.717) is 51.3 Å². The summed E-state index contributed by atoms with van der Waals surface area (Å²) in [5.74, 6) is -4.55. The lowest BCUT2D eigenvalue weighted by molar-refractivity contribution is -0.144. The normalized spacial score (nSPS) is 26.8. The molecule has 3 heterocycles. The monoisotopic (exact) mass is 912 g/mol. The highest BCUT2D eigenvalue weighted by atomic mass is 79.9. The minimum atomic E-state index is -1.57. The smallest absolute Gasteiger partial charge is 0.260 e. The van der Waals surface area contributed by atoms with Crippen molar-refractivity contribution in [1.82, 2.24) is 14.8 Å². The van der Waals surface area contributed by atoms with E-state index >= 15 is 9.59 Å². The Morgan fingerprint density at radius 3 is 2.28 bits per heavy atom. The molecule has 5 aliphatic rings. The molecular weight excluding hydrogens is 871 g/mol. The number of hydrazine groups is 1. The van der Waals surface area contributed by atoms with E-state index in [9.17, 15) is 14.7 Å². The number of imide groups is 2. The van der Waals surface area contributed by atoms with Gasteiger partial charge in [0.15, 0.2) is 11.5 Å². The first-order valence-corrected chi connectivity index (χ1v) is 21.6. The van der Waals surface area contributed by atoms with Gasteiger partial charge in [0.25, 0.3) is 11.8 Å². The maximum absolute atomic E-state index is 15.6. The fourth-order valence-electron chi connectivity index (χ4n) is 10.7. The number of hydrogen-bond donors (Lipinski definition) is 2. The Morgan fingerprint density at radius 1 is 0.867 bits per heavy atom. The molecule has 14 heteroatoms.